The van der Waals surface area contributed by atoms with Crippen LogP contribution in [0.1, 0.15) is 18.4 Å². The fourth-order valence-corrected chi connectivity index (χ4v) is 3.96. The minimum Gasteiger partial charge on any atom is -0.508 e. The number of amides is 1. The van der Waals surface area contributed by atoms with Gasteiger partial charge in [0.25, 0.3) is 0 Å². The van der Waals surface area contributed by atoms with E-state index in [4.69, 9.17) is 0 Å². The normalized spacial score (nSPS) is 13.6. The van der Waals surface area contributed by atoms with E-state index >= 15 is 0 Å². The van der Waals surface area contributed by atoms with Crippen molar-refractivity contribution >= 4 is 17.6 Å². The van der Waals surface area contributed by atoms with Crippen molar-refractivity contribution in [3.63, 3.8) is 0 Å². The van der Waals surface area contributed by atoms with Crippen molar-refractivity contribution in [2.75, 3.05) is 18.0 Å². The van der Waals surface area contributed by atoms with E-state index in [0.717, 1.165) is 22.4 Å². The van der Waals surface area contributed by atoms with Crippen LogP contribution in [0.15, 0.2) is 90.1 Å². The van der Waals surface area contributed by atoms with Crippen LogP contribution in [0.2, 0.25) is 0 Å². The topological polar surface area (TPSA) is 89.9 Å². The molecule has 0 spiro atoms. The Hall–Kier alpha value is -4.06. The lowest BCUT2D eigenvalue weighted by atomic mass is 10.0. The standard InChI is InChI=1S/C27H26N2O4/c30-23-13-11-21(12-14-23)20-9-6-19(7-10-20)8-15-26(31)28-25-16-17-29(18-24(25)27(32)33)22-4-2-1-3-5-22/h1-7,9-14,30H,8,15-18H2,(H,28,31)(H,32,33). The number of rotatable bonds is 7. The first-order valence-corrected chi connectivity index (χ1v) is 10.9. The largest absolute Gasteiger partial charge is 0.508 e. The quantitative estimate of drug-likeness (QED) is 0.506. The molecule has 0 aromatic heterocycles. The lowest BCUT2D eigenvalue weighted by Gasteiger charge is -2.31. The zero-order chi connectivity index (χ0) is 23.2. The third-order valence-electron chi connectivity index (χ3n) is 5.81. The number of phenolic OH excluding ortho intramolecular Hbond substituents is 1. The molecule has 1 amide bonds. The van der Waals surface area contributed by atoms with Gasteiger partial charge in [-0.05, 0) is 47.4 Å². The summed E-state index contributed by atoms with van der Waals surface area (Å²) in [6, 6.07) is 24.6. The number of carbonyl (C=O) groups excluding carboxylic acids is 1. The molecule has 0 fully saturated rings. The van der Waals surface area contributed by atoms with Gasteiger partial charge in [0.2, 0.25) is 5.91 Å². The summed E-state index contributed by atoms with van der Waals surface area (Å²) < 4.78 is 0. The van der Waals surface area contributed by atoms with Crippen LogP contribution in [0.3, 0.4) is 0 Å². The number of carbonyl (C=O) groups is 2. The minimum atomic E-state index is -1.00. The van der Waals surface area contributed by atoms with E-state index in [0.29, 0.717) is 25.1 Å². The summed E-state index contributed by atoms with van der Waals surface area (Å²) in [5.74, 6) is -0.955. The number of phenols is 1. The Morgan fingerprint density at radius 1 is 0.879 bits per heavy atom. The maximum absolute atomic E-state index is 12.5. The molecule has 0 bridgehead atoms. The molecule has 0 radical (unpaired) electrons. The average Bonchev–Trinajstić information content (AvgIpc) is 2.84. The van der Waals surface area contributed by atoms with Crippen molar-refractivity contribution in [3.05, 3.63) is 95.7 Å². The lowest BCUT2D eigenvalue weighted by Crippen LogP contribution is -2.38. The number of hydrogen-bond acceptors (Lipinski definition) is 4. The van der Waals surface area contributed by atoms with Crippen LogP contribution in [0.25, 0.3) is 11.1 Å². The van der Waals surface area contributed by atoms with Gasteiger partial charge in [0.1, 0.15) is 5.75 Å². The van der Waals surface area contributed by atoms with Gasteiger partial charge in [0, 0.05) is 30.8 Å². The molecule has 4 rings (SSSR count). The molecule has 1 heterocycles. The molecule has 0 aliphatic carbocycles. The third-order valence-corrected chi connectivity index (χ3v) is 5.81. The molecule has 3 aromatic carbocycles. The molecule has 0 saturated carbocycles. The third kappa shape index (κ3) is 5.60. The SMILES string of the molecule is O=C(CCc1ccc(-c2ccc(O)cc2)cc1)NC1=C(C(=O)O)CN(c2ccccc2)CC1. The fourth-order valence-electron chi connectivity index (χ4n) is 3.96. The summed E-state index contributed by atoms with van der Waals surface area (Å²) >= 11 is 0. The molecule has 33 heavy (non-hydrogen) atoms. The van der Waals surface area contributed by atoms with Crippen molar-refractivity contribution in [1.29, 1.82) is 0 Å². The molecule has 0 saturated heterocycles. The Kier molecular flexibility index (Phi) is 6.74. The highest BCUT2D eigenvalue weighted by Crippen LogP contribution is 2.24. The Balaban J connectivity index is 1.35. The van der Waals surface area contributed by atoms with E-state index in [-0.39, 0.29) is 30.2 Å². The molecule has 3 N–H and O–H groups in total. The monoisotopic (exact) mass is 442 g/mol. The number of benzene rings is 3. The van der Waals surface area contributed by atoms with E-state index in [1.54, 1.807) is 12.1 Å². The summed E-state index contributed by atoms with van der Waals surface area (Å²) in [5.41, 5.74) is 4.77. The van der Waals surface area contributed by atoms with Gasteiger partial charge >= 0.3 is 5.97 Å². The second kappa shape index (κ2) is 10.0. The summed E-state index contributed by atoms with van der Waals surface area (Å²) in [5, 5.41) is 21.9. The van der Waals surface area contributed by atoms with Crippen molar-refractivity contribution in [3.8, 4) is 16.9 Å². The molecule has 0 atom stereocenters. The van der Waals surface area contributed by atoms with Crippen LogP contribution in [-0.2, 0) is 16.0 Å². The van der Waals surface area contributed by atoms with Crippen LogP contribution < -0.4 is 10.2 Å². The molecule has 1 aliphatic rings. The van der Waals surface area contributed by atoms with E-state index in [2.05, 4.69) is 5.32 Å². The van der Waals surface area contributed by atoms with Gasteiger partial charge in [-0.15, -0.1) is 0 Å². The van der Waals surface area contributed by atoms with E-state index in [1.165, 1.54) is 0 Å². The first-order chi connectivity index (χ1) is 16.0. The minimum absolute atomic E-state index is 0.181. The van der Waals surface area contributed by atoms with Crippen LogP contribution in [-0.4, -0.2) is 35.2 Å². The maximum atomic E-state index is 12.5. The smallest absolute Gasteiger partial charge is 0.335 e. The molecule has 0 unspecified atom stereocenters. The first-order valence-electron chi connectivity index (χ1n) is 10.9. The van der Waals surface area contributed by atoms with Gasteiger partial charge in [-0.1, -0.05) is 54.6 Å². The summed E-state index contributed by atoms with van der Waals surface area (Å²) in [4.78, 5) is 26.4. The van der Waals surface area contributed by atoms with Gasteiger partial charge < -0.3 is 20.4 Å². The second-order valence-corrected chi connectivity index (χ2v) is 8.06. The second-order valence-electron chi connectivity index (χ2n) is 8.06. The van der Waals surface area contributed by atoms with Gasteiger partial charge in [0.15, 0.2) is 0 Å². The highest BCUT2D eigenvalue weighted by atomic mass is 16.4. The highest BCUT2D eigenvalue weighted by molar-refractivity contribution is 5.91. The maximum Gasteiger partial charge on any atom is 0.335 e. The average molecular weight is 443 g/mol. The number of carboxylic acid groups (broad SMARTS) is 1. The highest BCUT2D eigenvalue weighted by Gasteiger charge is 2.25. The van der Waals surface area contributed by atoms with E-state index in [1.807, 2.05) is 71.6 Å². The molecule has 3 aromatic rings. The van der Waals surface area contributed by atoms with E-state index < -0.39 is 5.97 Å². The van der Waals surface area contributed by atoms with Crippen molar-refractivity contribution in [2.24, 2.45) is 0 Å². The number of carboxylic acids is 1. The van der Waals surface area contributed by atoms with Gasteiger partial charge in [0.05, 0.1) is 12.1 Å². The van der Waals surface area contributed by atoms with Crippen molar-refractivity contribution in [1.82, 2.24) is 5.32 Å². The van der Waals surface area contributed by atoms with Crippen LogP contribution in [0, 0.1) is 0 Å². The molecular formula is C27H26N2O4. The first kappa shape index (κ1) is 22.1. The molecule has 6 nitrogen and oxygen atoms in total. The van der Waals surface area contributed by atoms with Gasteiger partial charge in [-0.2, -0.15) is 0 Å². The Labute approximate surface area is 192 Å². The number of anilines is 1. The van der Waals surface area contributed by atoms with Crippen molar-refractivity contribution in [2.45, 2.75) is 19.3 Å². The Bertz CT molecular complexity index is 1150. The van der Waals surface area contributed by atoms with Gasteiger partial charge in [-0.25, -0.2) is 4.79 Å². The number of aromatic hydroxyl groups is 1. The molecular weight excluding hydrogens is 416 g/mol. The predicted octanol–water partition coefficient (Wildman–Crippen LogP) is 4.36. The Morgan fingerprint density at radius 3 is 2.15 bits per heavy atom. The summed E-state index contributed by atoms with van der Waals surface area (Å²) in [6.45, 7) is 0.906. The van der Waals surface area contributed by atoms with Gasteiger partial charge in [-0.3, -0.25) is 4.79 Å². The number of nitrogens with one attached hydrogen (secondary N) is 1. The predicted molar refractivity (Wildman–Crippen MR) is 128 cm³/mol. The fraction of sp³-hybridized carbons (Fsp3) is 0.185. The number of aryl methyl sites for hydroxylation is 1. The molecule has 1 aliphatic heterocycles. The lowest BCUT2D eigenvalue weighted by molar-refractivity contribution is -0.132. The van der Waals surface area contributed by atoms with Crippen molar-refractivity contribution < 1.29 is 19.8 Å². The summed E-state index contributed by atoms with van der Waals surface area (Å²) in [7, 11) is 0. The van der Waals surface area contributed by atoms with Crippen LogP contribution >= 0.6 is 0 Å². The van der Waals surface area contributed by atoms with Crippen LogP contribution in [0.5, 0.6) is 5.75 Å². The molecule has 168 valence electrons. The van der Waals surface area contributed by atoms with E-state index in [9.17, 15) is 19.8 Å². The Morgan fingerprint density at radius 2 is 1.52 bits per heavy atom. The number of nitrogens with zero attached hydrogens (tertiary/aromatic N) is 1. The number of hydrogen-bond donors (Lipinski definition) is 3. The van der Waals surface area contributed by atoms with Crippen LogP contribution in [0.4, 0.5) is 5.69 Å². The number of para-hydroxylation sites is 1. The zero-order valence-electron chi connectivity index (χ0n) is 18.2. The number of aliphatic carboxylic acids is 1. The zero-order valence-corrected chi connectivity index (χ0v) is 18.2. The molecule has 6 heteroatoms. The summed E-state index contributed by atoms with van der Waals surface area (Å²) in [6.07, 6.45) is 1.31.